The Kier molecular flexibility index (Phi) is 27.3. The van der Waals surface area contributed by atoms with E-state index in [1.165, 1.54) is 44.9 Å². The molecule has 0 aliphatic rings. The van der Waals surface area contributed by atoms with Crippen LogP contribution in [0.2, 0.25) is 0 Å². The van der Waals surface area contributed by atoms with Crippen LogP contribution in [-0.2, 0) is 4.79 Å². The van der Waals surface area contributed by atoms with Gasteiger partial charge in [-0.3, -0.25) is 9.79 Å². The van der Waals surface area contributed by atoms with Crippen LogP contribution >= 0.6 is 12.4 Å². The van der Waals surface area contributed by atoms with Gasteiger partial charge in [-0.1, -0.05) is 71.6 Å². The van der Waals surface area contributed by atoms with E-state index in [0.717, 1.165) is 32.2 Å². The summed E-state index contributed by atoms with van der Waals surface area (Å²) in [6.07, 6.45) is 14.3. The van der Waals surface area contributed by atoms with Crippen LogP contribution in [0.25, 0.3) is 0 Å². The van der Waals surface area contributed by atoms with Gasteiger partial charge in [0.25, 0.3) is 0 Å². The zero-order chi connectivity index (χ0) is 17.1. The van der Waals surface area contributed by atoms with E-state index in [9.17, 15) is 4.79 Å². The number of rotatable bonds is 13. The molecule has 0 atom stereocenters. The number of nitrogens with zero attached hydrogens (tertiary/aromatic N) is 1. The molecule has 6 N–H and O–H groups in total. The standard InChI is InChI=1S/C12H25NO.C5H13N3.ClH/c1-2-3-4-5-6-7-8-9-10-11-12(13)14;1-2-3-4-8-5(6)7;/h2-11H2,1H3,(H2,13,14);2-4H2,1H3,(H4,6,7,8);1H. The summed E-state index contributed by atoms with van der Waals surface area (Å²) in [6.45, 7) is 5.10. The van der Waals surface area contributed by atoms with Crippen molar-refractivity contribution < 1.29 is 4.79 Å². The van der Waals surface area contributed by atoms with Gasteiger partial charge in [-0.05, 0) is 12.8 Å². The van der Waals surface area contributed by atoms with E-state index in [1.807, 2.05) is 0 Å². The van der Waals surface area contributed by atoms with Crippen LogP contribution in [0, 0.1) is 0 Å². The van der Waals surface area contributed by atoms with Crippen molar-refractivity contribution >= 4 is 24.3 Å². The predicted molar refractivity (Wildman–Crippen MR) is 104 cm³/mol. The molecule has 5 nitrogen and oxygen atoms in total. The lowest BCUT2D eigenvalue weighted by Crippen LogP contribution is -2.22. The van der Waals surface area contributed by atoms with E-state index in [-0.39, 0.29) is 24.3 Å². The first kappa shape index (κ1) is 26.9. The smallest absolute Gasteiger partial charge is 0.217 e. The van der Waals surface area contributed by atoms with Gasteiger partial charge >= 0.3 is 0 Å². The summed E-state index contributed by atoms with van der Waals surface area (Å²) in [5.41, 5.74) is 15.2. The Bertz CT molecular complexity index is 269. The fraction of sp³-hybridized carbons (Fsp3) is 0.882. The molecule has 23 heavy (non-hydrogen) atoms. The fourth-order valence-electron chi connectivity index (χ4n) is 1.98. The van der Waals surface area contributed by atoms with Crippen LogP contribution < -0.4 is 17.2 Å². The molecule has 0 heterocycles. The Balaban J connectivity index is -0.000000382. The average molecular weight is 351 g/mol. The van der Waals surface area contributed by atoms with E-state index in [4.69, 9.17) is 17.2 Å². The number of halogens is 1. The molecule has 140 valence electrons. The van der Waals surface area contributed by atoms with Crippen LogP contribution in [-0.4, -0.2) is 18.4 Å². The second kappa shape index (κ2) is 23.3. The summed E-state index contributed by atoms with van der Waals surface area (Å²) in [4.78, 5) is 14.2. The number of aliphatic imine (C=N–C) groups is 1. The van der Waals surface area contributed by atoms with Crippen molar-refractivity contribution in [1.82, 2.24) is 0 Å². The maximum absolute atomic E-state index is 10.4. The van der Waals surface area contributed by atoms with Gasteiger partial charge in [0, 0.05) is 13.0 Å². The van der Waals surface area contributed by atoms with Gasteiger partial charge in [-0.2, -0.15) is 0 Å². The van der Waals surface area contributed by atoms with Crippen LogP contribution in [0.5, 0.6) is 0 Å². The minimum atomic E-state index is -0.159. The topological polar surface area (TPSA) is 107 Å². The van der Waals surface area contributed by atoms with E-state index in [0.29, 0.717) is 6.42 Å². The molecule has 1 amide bonds. The summed E-state index contributed by atoms with van der Waals surface area (Å²) in [5.74, 6) is 0.0337. The molecule has 0 aromatic heterocycles. The second-order valence-electron chi connectivity index (χ2n) is 5.70. The van der Waals surface area contributed by atoms with Crippen LogP contribution in [0.1, 0.15) is 90.9 Å². The number of unbranched alkanes of at least 4 members (excludes halogenated alkanes) is 9. The van der Waals surface area contributed by atoms with Crippen molar-refractivity contribution in [3.63, 3.8) is 0 Å². The van der Waals surface area contributed by atoms with Crippen LogP contribution in [0.15, 0.2) is 4.99 Å². The minimum absolute atomic E-state index is 0. The van der Waals surface area contributed by atoms with E-state index in [2.05, 4.69) is 18.8 Å². The van der Waals surface area contributed by atoms with Gasteiger partial charge < -0.3 is 17.2 Å². The number of amides is 1. The average Bonchev–Trinajstić information content (AvgIpc) is 2.46. The van der Waals surface area contributed by atoms with Crippen LogP contribution in [0.3, 0.4) is 0 Å². The zero-order valence-electron chi connectivity index (χ0n) is 15.2. The number of primary amides is 1. The third-order valence-corrected chi connectivity index (χ3v) is 3.33. The molecule has 0 aromatic rings. The molecule has 0 saturated heterocycles. The molecule has 0 radical (unpaired) electrons. The largest absolute Gasteiger partial charge is 0.370 e. The predicted octanol–water partition coefficient (Wildman–Crippen LogP) is 3.87. The van der Waals surface area contributed by atoms with Crippen molar-refractivity contribution in [3.8, 4) is 0 Å². The van der Waals surface area contributed by atoms with E-state index >= 15 is 0 Å². The van der Waals surface area contributed by atoms with Crippen molar-refractivity contribution in [3.05, 3.63) is 0 Å². The van der Waals surface area contributed by atoms with Crippen molar-refractivity contribution in [2.45, 2.75) is 90.9 Å². The molecular weight excluding hydrogens is 312 g/mol. The molecular formula is C17H39ClN4O. The summed E-state index contributed by atoms with van der Waals surface area (Å²) < 4.78 is 0. The maximum Gasteiger partial charge on any atom is 0.217 e. The van der Waals surface area contributed by atoms with Gasteiger partial charge in [-0.25, -0.2) is 0 Å². The SMILES string of the molecule is CCCCCCCCCCCC(N)=O.CCCCN=C(N)N.Cl. The van der Waals surface area contributed by atoms with Crippen molar-refractivity contribution in [1.29, 1.82) is 0 Å². The zero-order valence-corrected chi connectivity index (χ0v) is 16.0. The molecule has 0 aliphatic heterocycles. The molecule has 0 fully saturated rings. The highest BCUT2D eigenvalue weighted by molar-refractivity contribution is 5.85. The summed E-state index contributed by atoms with van der Waals surface area (Å²) >= 11 is 0. The lowest BCUT2D eigenvalue weighted by Gasteiger charge is -2.00. The second-order valence-corrected chi connectivity index (χ2v) is 5.70. The maximum atomic E-state index is 10.4. The summed E-state index contributed by atoms with van der Waals surface area (Å²) in [6, 6.07) is 0. The van der Waals surface area contributed by atoms with Gasteiger partial charge in [-0.15, -0.1) is 12.4 Å². The number of nitrogens with two attached hydrogens (primary N) is 3. The molecule has 0 rings (SSSR count). The van der Waals surface area contributed by atoms with E-state index in [1.54, 1.807) is 0 Å². The monoisotopic (exact) mass is 350 g/mol. The highest BCUT2D eigenvalue weighted by Gasteiger charge is 1.94. The Morgan fingerprint density at radius 3 is 1.57 bits per heavy atom. The first-order chi connectivity index (χ1) is 10.5. The molecule has 6 heteroatoms. The normalized spacial score (nSPS) is 9.30. The lowest BCUT2D eigenvalue weighted by atomic mass is 10.1. The van der Waals surface area contributed by atoms with Gasteiger partial charge in [0.05, 0.1) is 0 Å². The lowest BCUT2D eigenvalue weighted by molar-refractivity contribution is -0.118. The van der Waals surface area contributed by atoms with E-state index < -0.39 is 0 Å². The van der Waals surface area contributed by atoms with Crippen molar-refractivity contribution in [2.24, 2.45) is 22.2 Å². The van der Waals surface area contributed by atoms with Gasteiger partial charge in [0.1, 0.15) is 0 Å². The number of guanidine groups is 1. The molecule has 0 aromatic carbocycles. The van der Waals surface area contributed by atoms with Crippen LogP contribution in [0.4, 0.5) is 0 Å². The molecule has 0 unspecified atom stereocenters. The highest BCUT2D eigenvalue weighted by atomic mass is 35.5. The Labute approximate surface area is 149 Å². The Hall–Kier alpha value is -0.970. The molecule has 0 aliphatic carbocycles. The number of hydrogen-bond donors (Lipinski definition) is 3. The summed E-state index contributed by atoms with van der Waals surface area (Å²) in [5, 5.41) is 0. The quantitative estimate of drug-likeness (QED) is 0.266. The van der Waals surface area contributed by atoms with Gasteiger partial charge in [0.15, 0.2) is 5.96 Å². The number of carbonyl (C=O) groups is 1. The Morgan fingerprint density at radius 1 is 0.739 bits per heavy atom. The highest BCUT2D eigenvalue weighted by Crippen LogP contribution is 2.10. The first-order valence-corrected chi connectivity index (χ1v) is 8.88. The van der Waals surface area contributed by atoms with Crippen molar-refractivity contribution in [2.75, 3.05) is 6.54 Å². The third-order valence-electron chi connectivity index (χ3n) is 3.33. The minimum Gasteiger partial charge on any atom is -0.370 e. The van der Waals surface area contributed by atoms with Gasteiger partial charge in [0.2, 0.25) is 5.91 Å². The first-order valence-electron chi connectivity index (χ1n) is 8.88. The molecule has 0 bridgehead atoms. The number of carbonyl (C=O) groups excluding carboxylic acids is 1. The number of hydrogen-bond acceptors (Lipinski definition) is 2. The third kappa shape index (κ3) is 33.7. The Morgan fingerprint density at radius 2 is 1.17 bits per heavy atom. The molecule has 0 saturated carbocycles. The fourth-order valence-corrected chi connectivity index (χ4v) is 1.98. The summed E-state index contributed by atoms with van der Waals surface area (Å²) in [7, 11) is 0. The molecule has 0 spiro atoms.